The summed E-state index contributed by atoms with van der Waals surface area (Å²) in [6, 6.07) is 4.85. The predicted octanol–water partition coefficient (Wildman–Crippen LogP) is 3.03. The number of nitrogens with one attached hydrogen (secondary N) is 1. The number of rotatable bonds is 4. The molecule has 0 radical (unpaired) electrons. The van der Waals surface area contributed by atoms with Crippen molar-refractivity contribution in [3.05, 3.63) is 52.2 Å². The molecule has 0 aliphatic heterocycles. The second-order valence-corrected chi connectivity index (χ2v) is 4.48. The summed E-state index contributed by atoms with van der Waals surface area (Å²) in [7, 11) is 0. The molecular formula is C14H17FN2O. The zero-order valence-corrected chi connectivity index (χ0v) is 10.9. The van der Waals surface area contributed by atoms with Crippen LogP contribution in [-0.2, 0) is 13.1 Å². The molecule has 1 aromatic carbocycles. The lowest BCUT2D eigenvalue weighted by Gasteiger charge is -2.07. The lowest BCUT2D eigenvalue weighted by Crippen LogP contribution is -2.14. The molecule has 0 atom stereocenters. The van der Waals surface area contributed by atoms with Crippen LogP contribution in [-0.4, -0.2) is 5.16 Å². The van der Waals surface area contributed by atoms with Gasteiger partial charge in [-0.05, 0) is 44.0 Å². The Kier molecular flexibility index (Phi) is 3.77. The second kappa shape index (κ2) is 5.31. The number of aromatic nitrogens is 1. The van der Waals surface area contributed by atoms with Crippen LogP contribution in [0.2, 0.25) is 0 Å². The molecule has 0 unspecified atom stereocenters. The SMILES string of the molecule is Cc1cc(F)ccc1CNCc1c(C)noc1C. The molecule has 96 valence electrons. The van der Waals surface area contributed by atoms with Crippen LogP contribution in [0.1, 0.15) is 28.1 Å². The highest BCUT2D eigenvalue weighted by molar-refractivity contribution is 5.27. The van der Waals surface area contributed by atoms with Crippen LogP contribution in [0, 0.1) is 26.6 Å². The fraction of sp³-hybridized carbons (Fsp3) is 0.357. The van der Waals surface area contributed by atoms with Crippen LogP contribution < -0.4 is 5.32 Å². The molecule has 0 spiro atoms. The number of nitrogens with zero attached hydrogens (tertiary/aromatic N) is 1. The van der Waals surface area contributed by atoms with E-state index in [0.29, 0.717) is 13.1 Å². The molecule has 1 aromatic heterocycles. The largest absolute Gasteiger partial charge is 0.361 e. The third-order valence-electron chi connectivity index (χ3n) is 3.10. The lowest BCUT2D eigenvalue weighted by atomic mass is 10.1. The molecule has 0 fully saturated rings. The zero-order valence-electron chi connectivity index (χ0n) is 10.9. The molecule has 18 heavy (non-hydrogen) atoms. The van der Waals surface area contributed by atoms with Gasteiger partial charge in [-0.1, -0.05) is 11.2 Å². The first-order valence-corrected chi connectivity index (χ1v) is 5.95. The van der Waals surface area contributed by atoms with Crippen LogP contribution >= 0.6 is 0 Å². The number of aryl methyl sites for hydroxylation is 3. The Morgan fingerprint density at radius 3 is 2.61 bits per heavy atom. The van der Waals surface area contributed by atoms with Gasteiger partial charge in [0.15, 0.2) is 0 Å². The van der Waals surface area contributed by atoms with E-state index >= 15 is 0 Å². The van der Waals surface area contributed by atoms with Crippen molar-refractivity contribution in [3.8, 4) is 0 Å². The monoisotopic (exact) mass is 248 g/mol. The molecule has 2 rings (SSSR count). The number of hydrogen-bond acceptors (Lipinski definition) is 3. The van der Waals surface area contributed by atoms with Gasteiger partial charge in [-0.25, -0.2) is 4.39 Å². The smallest absolute Gasteiger partial charge is 0.138 e. The number of benzene rings is 1. The number of hydrogen-bond donors (Lipinski definition) is 1. The molecule has 3 nitrogen and oxygen atoms in total. The molecule has 0 bridgehead atoms. The van der Waals surface area contributed by atoms with E-state index in [1.54, 1.807) is 6.07 Å². The summed E-state index contributed by atoms with van der Waals surface area (Å²) >= 11 is 0. The van der Waals surface area contributed by atoms with Crippen molar-refractivity contribution in [2.75, 3.05) is 0 Å². The maximum atomic E-state index is 13.0. The molecule has 4 heteroatoms. The molecule has 0 aliphatic carbocycles. The van der Waals surface area contributed by atoms with E-state index in [1.807, 2.05) is 26.8 Å². The molecule has 0 aliphatic rings. The van der Waals surface area contributed by atoms with E-state index in [4.69, 9.17) is 4.52 Å². The maximum absolute atomic E-state index is 13.0. The first-order valence-electron chi connectivity index (χ1n) is 5.95. The highest BCUT2D eigenvalue weighted by Gasteiger charge is 2.08. The molecule has 2 aromatic rings. The summed E-state index contributed by atoms with van der Waals surface area (Å²) in [6.45, 7) is 7.15. The Hall–Kier alpha value is -1.68. The summed E-state index contributed by atoms with van der Waals surface area (Å²) in [4.78, 5) is 0. The molecule has 0 saturated carbocycles. The highest BCUT2D eigenvalue weighted by atomic mass is 19.1. The van der Waals surface area contributed by atoms with Gasteiger partial charge in [0.25, 0.3) is 0 Å². The van der Waals surface area contributed by atoms with E-state index in [0.717, 1.165) is 28.1 Å². The van der Waals surface area contributed by atoms with Crippen LogP contribution in [0.25, 0.3) is 0 Å². The number of halogens is 1. The Bertz CT molecular complexity index is 529. The minimum absolute atomic E-state index is 0.193. The van der Waals surface area contributed by atoms with Gasteiger partial charge >= 0.3 is 0 Å². The second-order valence-electron chi connectivity index (χ2n) is 4.48. The van der Waals surface area contributed by atoms with E-state index in [2.05, 4.69) is 10.5 Å². The van der Waals surface area contributed by atoms with Crippen molar-refractivity contribution in [1.82, 2.24) is 10.5 Å². The summed E-state index contributed by atoms with van der Waals surface area (Å²) in [6.07, 6.45) is 0. The minimum Gasteiger partial charge on any atom is -0.361 e. The lowest BCUT2D eigenvalue weighted by molar-refractivity contribution is 0.392. The fourth-order valence-electron chi connectivity index (χ4n) is 1.93. The molecular weight excluding hydrogens is 231 g/mol. The Labute approximate surface area is 106 Å². The molecule has 0 saturated heterocycles. The quantitative estimate of drug-likeness (QED) is 0.903. The van der Waals surface area contributed by atoms with E-state index in [9.17, 15) is 4.39 Å². The Morgan fingerprint density at radius 2 is 2.00 bits per heavy atom. The maximum Gasteiger partial charge on any atom is 0.138 e. The average molecular weight is 248 g/mol. The van der Waals surface area contributed by atoms with Gasteiger partial charge in [0.1, 0.15) is 11.6 Å². The van der Waals surface area contributed by atoms with Crippen molar-refractivity contribution >= 4 is 0 Å². The summed E-state index contributed by atoms with van der Waals surface area (Å²) in [5.74, 6) is 0.651. The van der Waals surface area contributed by atoms with Gasteiger partial charge < -0.3 is 9.84 Å². The third-order valence-corrected chi connectivity index (χ3v) is 3.10. The summed E-state index contributed by atoms with van der Waals surface area (Å²) in [5.41, 5.74) is 4.06. The van der Waals surface area contributed by atoms with Gasteiger partial charge in [0.2, 0.25) is 0 Å². The highest BCUT2D eigenvalue weighted by Crippen LogP contribution is 2.13. The van der Waals surface area contributed by atoms with Gasteiger partial charge in [-0.2, -0.15) is 0 Å². The van der Waals surface area contributed by atoms with Gasteiger partial charge in [-0.15, -0.1) is 0 Å². The van der Waals surface area contributed by atoms with Gasteiger partial charge in [-0.3, -0.25) is 0 Å². The summed E-state index contributed by atoms with van der Waals surface area (Å²) < 4.78 is 18.1. The van der Waals surface area contributed by atoms with Crippen molar-refractivity contribution < 1.29 is 8.91 Å². The average Bonchev–Trinajstić information content (AvgIpc) is 2.63. The van der Waals surface area contributed by atoms with Crippen LogP contribution in [0.3, 0.4) is 0 Å². The van der Waals surface area contributed by atoms with Gasteiger partial charge in [0, 0.05) is 18.7 Å². The van der Waals surface area contributed by atoms with Crippen LogP contribution in [0.4, 0.5) is 4.39 Å². The van der Waals surface area contributed by atoms with E-state index < -0.39 is 0 Å². The van der Waals surface area contributed by atoms with Crippen molar-refractivity contribution in [2.45, 2.75) is 33.9 Å². The van der Waals surface area contributed by atoms with Crippen molar-refractivity contribution in [2.24, 2.45) is 0 Å². The first-order chi connectivity index (χ1) is 8.58. The Balaban J connectivity index is 1.96. The van der Waals surface area contributed by atoms with E-state index in [-0.39, 0.29) is 5.82 Å². The molecule has 0 amide bonds. The molecule has 1 N–H and O–H groups in total. The van der Waals surface area contributed by atoms with Crippen molar-refractivity contribution in [3.63, 3.8) is 0 Å². The minimum atomic E-state index is -0.193. The van der Waals surface area contributed by atoms with Gasteiger partial charge in [0.05, 0.1) is 5.69 Å². The van der Waals surface area contributed by atoms with Crippen LogP contribution in [0.15, 0.2) is 22.7 Å². The molecule has 1 heterocycles. The fourth-order valence-corrected chi connectivity index (χ4v) is 1.93. The Morgan fingerprint density at radius 1 is 1.22 bits per heavy atom. The summed E-state index contributed by atoms with van der Waals surface area (Å²) in [5, 5.41) is 7.23. The zero-order chi connectivity index (χ0) is 13.1. The normalized spacial score (nSPS) is 10.9. The predicted molar refractivity (Wildman–Crippen MR) is 67.7 cm³/mol. The standard InChI is InChI=1S/C14H17FN2O/c1-9-6-13(15)5-4-12(9)7-16-8-14-10(2)17-18-11(14)3/h4-6,16H,7-8H2,1-3H3. The first kappa shape index (κ1) is 12.8. The van der Waals surface area contributed by atoms with E-state index in [1.165, 1.54) is 6.07 Å². The van der Waals surface area contributed by atoms with Crippen LogP contribution in [0.5, 0.6) is 0 Å². The van der Waals surface area contributed by atoms with Crippen molar-refractivity contribution in [1.29, 1.82) is 0 Å². The topological polar surface area (TPSA) is 38.1 Å². The third kappa shape index (κ3) is 2.76.